The topological polar surface area (TPSA) is 121 Å². The Bertz CT molecular complexity index is 1520. The first-order chi connectivity index (χ1) is 23.2. The van der Waals surface area contributed by atoms with Gasteiger partial charge in [-0.3, -0.25) is 19.4 Å². The van der Waals surface area contributed by atoms with E-state index in [0.717, 1.165) is 63.0 Å². The standard InChI is InChI=1S/2C19H22FN3O.O/c2*1-14-12-16(20)5-6-17(14)22-19(24)13-23-10-7-15(8-11-23)18-4-2-3-9-21-18;/h2*2-6,9,12,15H,7-8,10-11,13H2,1H3,(H,22,24);/q;;-2/p+2. The summed E-state index contributed by atoms with van der Waals surface area (Å²) in [5.41, 5.74) is 5.36. The lowest BCUT2D eigenvalue weighted by Crippen LogP contribution is -2.39. The molecule has 2 amide bonds. The van der Waals surface area contributed by atoms with E-state index in [4.69, 9.17) is 0 Å². The van der Waals surface area contributed by atoms with Crippen LogP contribution in [0.5, 0.6) is 0 Å². The first-order valence-electron chi connectivity index (χ1n) is 16.7. The molecule has 11 heteroatoms. The van der Waals surface area contributed by atoms with Gasteiger partial charge in [0.05, 0.1) is 13.1 Å². The zero-order valence-electron chi connectivity index (χ0n) is 28.2. The number of H-pyrrole nitrogens is 2. The summed E-state index contributed by atoms with van der Waals surface area (Å²) in [6, 6.07) is 21.1. The van der Waals surface area contributed by atoms with Gasteiger partial charge in [0, 0.05) is 47.5 Å². The molecule has 0 radical (unpaired) electrons. The highest BCUT2D eigenvalue weighted by molar-refractivity contribution is 5.93. The van der Waals surface area contributed by atoms with E-state index >= 15 is 0 Å². The molecule has 2 fully saturated rings. The summed E-state index contributed by atoms with van der Waals surface area (Å²) in [5.74, 6) is 0.397. The van der Waals surface area contributed by atoms with Gasteiger partial charge < -0.3 is 16.1 Å². The van der Waals surface area contributed by atoms with Crippen molar-refractivity contribution in [3.63, 3.8) is 0 Å². The van der Waals surface area contributed by atoms with Gasteiger partial charge in [0.25, 0.3) is 0 Å². The summed E-state index contributed by atoms with van der Waals surface area (Å²) in [7, 11) is 0. The van der Waals surface area contributed by atoms with E-state index in [1.807, 2.05) is 24.5 Å². The molecule has 9 nitrogen and oxygen atoms in total. The zero-order valence-corrected chi connectivity index (χ0v) is 28.2. The molecule has 2 aromatic heterocycles. The Morgan fingerprint density at radius 3 is 1.37 bits per heavy atom. The molecule has 2 aliphatic heterocycles. The van der Waals surface area contributed by atoms with Crippen LogP contribution in [-0.2, 0) is 15.1 Å². The van der Waals surface area contributed by atoms with Gasteiger partial charge in [-0.05, 0) is 113 Å². The molecule has 260 valence electrons. The molecule has 2 aliphatic rings. The van der Waals surface area contributed by atoms with Gasteiger partial charge in [-0.25, -0.2) is 18.7 Å². The van der Waals surface area contributed by atoms with Gasteiger partial charge in [0.15, 0.2) is 23.8 Å². The second-order valence-corrected chi connectivity index (χ2v) is 12.8. The molecule has 4 aromatic rings. The van der Waals surface area contributed by atoms with Gasteiger partial charge >= 0.3 is 0 Å². The SMILES string of the molecule is Cc1cc(F)ccc1NC(=O)CN1CCC(c2cccc[nH+]2)CC1.Cc1cc(F)ccc1NC(=O)CN1CCC(c2cccc[nH+]2)CC1.[O-2]. The predicted octanol–water partition coefficient (Wildman–Crippen LogP) is 5.41. The molecule has 0 unspecified atom stereocenters. The Labute approximate surface area is 287 Å². The van der Waals surface area contributed by atoms with Gasteiger partial charge in [-0.15, -0.1) is 0 Å². The second-order valence-electron chi connectivity index (χ2n) is 12.8. The maximum atomic E-state index is 13.1. The van der Waals surface area contributed by atoms with Crippen molar-refractivity contribution in [2.45, 2.75) is 51.4 Å². The van der Waals surface area contributed by atoms with E-state index < -0.39 is 0 Å². The van der Waals surface area contributed by atoms with E-state index in [-0.39, 0.29) is 28.9 Å². The fourth-order valence-corrected chi connectivity index (χ4v) is 6.45. The number of aromatic amines is 2. The molecule has 0 atom stereocenters. The van der Waals surface area contributed by atoms with Crippen LogP contribution in [0.3, 0.4) is 0 Å². The summed E-state index contributed by atoms with van der Waals surface area (Å²) in [5, 5.41) is 5.75. The number of rotatable bonds is 8. The lowest BCUT2D eigenvalue weighted by molar-refractivity contribution is -0.394. The third-order valence-electron chi connectivity index (χ3n) is 9.18. The number of halogens is 2. The summed E-state index contributed by atoms with van der Waals surface area (Å²) in [4.78, 5) is 35.4. The molecule has 4 heterocycles. The molecule has 6 rings (SSSR count). The Hall–Kier alpha value is -4.58. The number of piperidine rings is 2. The van der Waals surface area contributed by atoms with E-state index in [9.17, 15) is 18.4 Å². The molecule has 0 bridgehead atoms. The highest BCUT2D eigenvalue weighted by atomic mass is 19.1. The van der Waals surface area contributed by atoms with Crippen LogP contribution in [0.25, 0.3) is 0 Å². The Balaban J connectivity index is 0.000000216. The molecule has 0 saturated carbocycles. The third-order valence-corrected chi connectivity index (χ3v) is 9.18. The van der Waals surface area contributed by atoms with Crippen LogP contribution in [0.2, 0.25) is 0 Å². The smallest absolute Gasteiger partial charge is 0.238 e. The number of carbonyl (C=O) groups excluding carboxylic acids is 2. The number of likely N-dealkylation sites (tertiary alicyclic amines) is 2. The normalized spacial score (nSPS) is 15.8. The number of nitrogens with one attached hydrogen (secondary N) is 4. The van der Waals surface area contributed by atoms with E-state index in [1.165, 1.54) is 35.7 Å². The second kappa shape index (κ2) is 18.3. The van der Waals surface area contributed by atoms with Crippen molar-refractivity contribution in [1.29, 1.82) is 0 Å². The minimum atomic E-state index is -0.287. The molecular formula is C38H46F2N6O3. The number of aryl methyl sites for hydroxylation is 2. The fraction of sp³-hybridized carbons (Fsp3) is 0.368. The maximum Gasteiger partial charge on any atom is 0.238 e. The Morgan fingerprint density at radius 2 is 1.04 bits per heavy atom. The number of hydrogen-bond donors (Lipinski definition) is 2. The van der Waals surface area contributed by atoms with Crippen molar-refractivity contribution in [2.24, 2.45) is 0 Å². The number of anilines is 2. The van der Waals surface area contributed by atoms with E-state index in [2.05, 4.69) is 54.7 Å². The molecule has 4 N–H and O–H groups in total. The largest absolute Gasteiger partial charge is 2.00 e. The number of aromatic nitrogens is 2. The maximum absolute atomic E-state index is 13.1. The summed E-state index contributed by atoms with van der Waals surface area (Å²) >= 11 is 0. The van der Waals surface area contributed by atoms with Crippen molar-refractivity contribution in [1.82, 2.24) is 9.80 Å². The lowest BCUT2D eigenvalue weighted by Gasteiger charge is -2.29. The summed E-state index contributed by atoms with van der Waals surface area (Å²) < 4.78 is 26.2. The summed E-state index contributed by atoms with van der Waals surface area (Å²) in [6.45, 7) is 7.96. The van der Waals surface area contributed by atoms with Crippen LogP contribution in [0.1, 0.15) is 60.0 Å². The van der Waals surface area contributed by atoms with Crippen molar-refractivity contribution in [3.05, 3.63) is 119 Å². The van der Waals surface area contributed by atoms with Gasteiger partial charge in [0.2, 0.25) is 11.8 Å². The number of benzene rings is 2. The first-order valence-corrected chi connectivity index (χ1v) is 16.7. The highest BCUT2D eigenvalue weighted by Crippen LogP contribution is 2.26. The average molecular weight is 673 g/mol. The lowest BCUT2D eigenvalue weighted by atomic mass is 9.93. The number of carbonyl (C=O) groups is 2. The van der Waals surface area contributed by atoms with E-state index in [0.29, 0.717) is 36.3 Å². The van der Waals surface area contributed by atoms with Crippen molar-refractivity contribution >= 4 is 23.2 Å². The van der Waals surface area contributed by atoms with Crippen molar-refractivity contribution in [3.8, 4) is 0 Å². The van der Waals surface area contributed by atoms with Crippen LogP contribution in [-0.4, -0.2) is 60.9 Å². The van der Waals surface area contributed by atoms with Crippen LogP contribution >= 0.6 is 0 Å². The molecule has 49 heavy (non-hydrogen) atoms. The zero-order chi connectivity index (χ0) is 33.9. The number of amides is 2. The van der Waals surface area contributed by atoms with Gasteiger partial charge in [-0.2, -0.15) is 0 Å². The minimum Gasteiger partial charge on any atom is -2.00 e. The number of hydrogen-bond acceptors (Lipinski definition) is 4. The summed E-state index contributed by atoms with van der Waals surface area (Å²) in [6.07, 6.45) is 8.10. The van der Waals surface area contributed by atoms with Crippen molar-refractivity contribution < 1.29 is 33.8 Å². The molecule has 0 aliphatic carbocycles. The Morgan fingerprint density at radius 1 is 0.653 bits per heavy atom. The fourth-order valence-electron chi connectivity index (χ4n) is 6.45. The Kier molecular flexibility index (Phi) is 13.9. The minimum absolute atomic E-state index is 0. The molecular weight excluding hydrogens is 626 g/mol. The number of nitrogens with zero attached hydrogens (tertiary/aromatic N) is 2. The predicted molar refractivity (Wildman–Crippen MR) is 183 cm³/mol. The average Bonchev–Trinajstić information content (AvgIpc) is 3.09. The van der Waals surface area contributed by atoms with Crippen LogP contribution in [0.15, 0.2) is 85.2 Å². The van der Waals surface area contributed by atoms with Crippen LogP contribution in [0, 0.1) is 25.5 Å². The van der Waals surface area contributed by atoms with Crippen LogP contribution in [0.4, 0.5) is 20.2 Å². The highest BCUT2D eigenvalue weighted by Gasteiger charge is 2.26. The van der Waals surface area contributed by atoms with E-state index in [1.54, 1.807) is 26.0 Å². The quantitative estimate of drug-likeness (QED) is 0.260. The first kappa shape index (κ1) is 37.2. The monoisotopic (exact) mass is 672 g/mol. The molecule has 2 aromatic carbocycles. The van der Waals surface area contributed by atoms with Gasteiger partial charge in [-0.1, -0.05) is 12.1 Å². The third kappa shape index (κ3) is 11.2. The number of pyridine rings is 2. The molecule has 2 saturated heterocycles. The molecule has 0 spiro atoms. The van der Waals surface area contributed by atoms with Crippen molar-refractivity contribution in [2.75, 3.05) is 49.9 Å². The van der Waals surface area contributed by atoms with Crippen LogP contribution < -0.4 is 20.6 Å². The van der Waals surface area contributed by atoms with Gasteiger partial charge in [0.1, 0.15) is 11.6 Å².